The van der Waals surface area contributed by atoms with Crippen molar-refractivity contribution in [1.29, 1.82) is 0 Å². The zero-order chi connectivity index (χ0) is 9.54. The van der Waals surface area contributed by atoms with Gasteiger partial charge in [-0.2, -0.15) is 0 Å². The number of fused-ring (bicyclic) bond motifs is 2. The maximum absolute atomic E-state index is 9.55. The van der Waals surface area contributed by atoms with Crippen molar-refractivity contribution in [3.8, 4) is 17.2 Å². The quantitative estimate of drug-likeness (QED) is 0.695. The van der Waals surface area contributed by atoms with Gasteiger partial charge in [0.05, 0.1) is 0 Å². The van der Waals surface area contributed by atoms with Crippen molar-refractivity contribution < 1.29 is 14.6 Å². The summed E-state index contributed by atoms with van der Waals surface area (Å²) in [4.78, 5) is 0. The molecule has 0 aliphatic carbocycles. The van der Waals surface area contributed by atoms with Crippen LogP contribution in [0, 0.1) is 0 Å². The van der Waals surface area contributed by atoms with Crippen LogP contribution in [-0.4, -0.2) is 30.4 Å². The fraction of sp³-hybridized carbons (Fsp3) is 0.400. The fourth-order valence-corrected chi connectivity index (χ4v) is 1.90. The zero-order valence-electron chi connectivity index (χ0n) is 7.97. The van der Waals surface area contributed by atoms with Crippen molar-refractivity contribution >= 4 is 12.4 Å². The summed E-state index contributed by atoms with van der Waals surface area (Å²) < 4.78 is 11.3. The molecule has 0 amide bonds. The summed E-state index contributed by atoms with van der Waals surface area (Å²) in [5.74, 6) is 1.25. The monoisotopic (exact) mass is 229 g/mol. The van der Waals surface area contributed by atoms with Crippen molar-refractivity contribution in [2.24, 2.45) is 0 Å². The first kappa shape index (κ1) is 10.4. The lowest BCUT2D eigenvalue weighted by atomic mass is 10.2. The van der Waals surface area contributed by atoms with E-state index in [1.165, 1.54) is 0 Å². The molecule has 1 fully saturated rings. The van der Waals surface area contributed by atoms with Gasteiger partial charge in [0.25, 0.3) is 0 Å². The number of phenols is 1. The molecule has 3 rings (SSSR count). The molecule has 1 aromatic carbocycles. The van der Waals surface area contributed by atoms with Crippen molar-refractivity contribution in [3.63, 3.8) is 0 Å². The summed E-state index contributed by atoms with van der Waals surface area (Å²) >= 11 is 0. The minimum Gasteiger partial charge on any atom is -0.504 e. The number of hydrogen-bond acceptors (Lipinski definition) is 4. The van der Waals surface area contributed by atoms with E-state index in [4.69, 9.17) is 9.47 Å². The third kappa shape index (κ3) is 1.60. The average molecular weight is 230 g/mol. The number of ether oxygens (including phenoxy) is 2. The maximum Gasteiger partial charge on any atom is 0.203 e. The Morgan fingerprint density at radius 1 is 1.20 bits per heavy atom. The number of hydrogen-bond donors (Lipinski definition) is 2. The predicted octanol–water partition coefficient (Wildman–Crippen LogP) is 0.926. The number of rotatable bonds is 0. The van der Waals surface area contributed by atoms with Crippen molar-refractivity contribution in [1.82, 2.24) is 5.32 Å². The molecule has 0 saturated carbocycles. The lowest BCUT2D eigenvalue weighted by Crippen LogP contribution is -2.38. The molecular weight excluding hydrogens is 218 g/mol. The maximum atomic E-state index is 9.55. The van der Waals surface area contributed by atoms with Crippen molar-refractivity contribution in [2.75, 3.05) is 13.1 Å². The van der Waals surface area contributed by atoms with E-state index in [0.717, 1.165) is 13.1 Å². The van der Waals surface area contributed by atoms with Gasteiger partial charge in [-0.15, -0.1) is 12.4 Å². The summed E-state index contributed by atoms with van der Waals surface area (Å²) in [6.07, 6.45) is 0.0973. The Labute approximate surface area is 93.6 Å². The summed E-state index contributed by atoms with van der Waals surface area (Å²) in [5.41, 5.74) is 0. The molecule has 2 N–H and O–H groups in total. The van der Waals surface area contributed by atoms with E-state index in [1.807, 2.05) is 6.07 Å². The van der Waals surface area contributed by atoms with Gasteiger partial charge >= 0.3 is 0 Å². The minimum absolute atomic E-state index is 0. The molecule has 4 nitrogen and oxygen atoms in total. The highest BCUT2D eigenvalue weighted by Gasteiger charge is 2.36. The zero-order valence-corrected chi connectivity index (χ0v) is 8.79. The third-order valence-corrected chi connectivity index (χ3v) is 2.61. The lowest BCUT2D eigenvalue weighted by Gasteiger charge is -2.28. The Balaban J connectivity index is 0.000000853. The highest BCUT2D eigenvalue weighted by molar-refractivity contribution is 5.85. The van der Waals surface area contributed by atoms with E-state index in [-0.39, 0.29) is 30.4 Å². The first-order valence-electron chi connectivity index (χ1n) is 4.70. The first-order valence-corrected chi connectivity index (χ1v) is 4.70. The van der Waals surface area contributed by atoms with Crippen molar-refractivity contribution in [2.45, 2.75) is 12.2 Å². The number of halogens is 1. The van der Waals surface area contributed by atoms with E-state index >= 15 is 0 Å². The molecular formula is C10H12ClNO3. The van der Waals surface area contributed by atoms with Gasteiger partial charge in [0.2, 0.25) is 5.75 Å². The summed E-state index contributed by atoms with van der Waals surface area (Å²) in [5, 5.41) is 12.7. The molecule has 0 bridgehead atoms. The van der Waals surface area contributed by atoms with Gasteiger partial charge in [0.15, 0.2) is 11.5 Å². The van der Waals surface area contributed by atoms with Gasteiger partial charge in [-0.3, -0.25) is 0 Å². The Hall–Kier alpha value is -1.13. The summed E-state index contributed by atoms with van der Waals surface area (Å²) in [7, 11) is 0. The SMILES string of the molecule is Cl.Oc1cccc2c1O[C@H]1CNC[C@@H]1O2. The Morgan fingerprint density at radius 2 is 1.93 bits per heavy atom. The van der Waals surface area contributed by atoms with Gasteiger partial charge < -0.3 is 19.9 Å². The second-order valence-electron chi connectivity index (χ2n) is 3.58. The molecule has 2 aliphatic heterocycles. The molecule has 0 spiro atoms. The molecule has 0 aromatic heterocycles. The van der Waals surface area contributed by atoms with Crippen molar-refractivity contribution in [3.05, 3.63) is 18.2 Å². The highest BCUT2D eigenvalue weighted by atomic mass is 35.5. The Bertz CT molecular complexity index is 372. The molecule has 2 heterocycles. The van der Waals surface area contributed by atoms with Crippen LogP contribution >= 0.6 is 12.4 Å². The van der Waals surface area contributed by atoms with Gasteiger partial charge in [-0.1, -0.05) is 6.07 Å². The topological polar surface area (TPSA) is 50.7 Å². The van der Waals surface area contributed by atoms with E-state index in [1.54, 1.807) is 12.1 Å². The molecule has 5 heteroatoms. The summed E-state index contributed by atoms with van der Waals surface area (Å²) in [6, 6.07) is 5.16. The Kier molecular flexibility index (Phi) is 2.63. The second-order valence-corrected chi connectivity index (χ2v) is 3.58. The van der Waals surface area contributed by atoms with Crippen LogP contribution in [0.15, 0.2) is 18.2 Å². The van der Waals surface area contributed by atoms with Gasteiger partial charge in [-0.05, 0) is 12.1 Å². The lowest BCUT2D eigenvalue weighted by molar-refractivity contribution is 0.0524. The van der Waals surface area contributed by atoms with Crippen LogP contribution < -0.4 is 14.8 Å². The molecule has 1 saturated heterocycles. The molecule has 82 valence electrons. The predicted molar refractivity (Wildman–Crippen MR) is 57.1 cm³/mol. The van der Waals surface area contributed by atoms with E-state index in [2.05, 4.69) is 5.32 Å². The van der Waals surface area contributed by atoms with Crippen LogP contribution in [0.3, 0.4) is 0 Å². The van der Waals surface area contributed by atoms with Crippen LogP contribution in [0.4, 0.5) is 0 Å². The van der Waals surface area contributed by atoms with Gasteiger partial charge in [0, 0.05) is 13.1 Å². The Morgan fingerprint density at radius 3 is 2.73 bits per heavy atom. The van der Waals surface area contributed by atoms with Crippen LogP contribution in [0.5, 0.6) is 17.2 Å². The van der Waals surface area contributed by atoms with Crippen LogP contribution in [-0.2, 0) is 0 Å². The summed E-state index contributed by atoms with van der Waals surface area (Å²) in [6.45, 7) is 1.58. The van der Waals surface area contributed by atoms with Gasteiger partial charge in [-0.25, -0.2) is 0 Å². The third-order valence-electron chi connectivity index (χ3n) is 2.61. The van der Waals surface area contributed by atoms with Gasteiger partial charge in [0.1, 0.15) is 12.2 Å². The molecule has 0 unspecified atom stereocenters. The number of aromatic hydroxyl groups is 1. The van der Waals surface area contributed by atoms with Crippen LogP contribution in [0.2, 0.25) is 0 Å². The van der Waals surface area contributed by atoms with E-state index in [0.29, 0.717) is 11.5 Å². The fourth-order valence-electron chi connectivity index (χ4n) is 1.90. The number of phenolic OH excluding ortho intramolecular Hbond substituents is 1. The van der Waals surface area contributed by atoms with Crippen LogP contribution in [0.25, 0.3) is 0 Å². The molecule has 15 heavy (non-hydrogen) atoms. The number of nitrogens with one attached hydrogen (secondary N) is 1. The highest BCUT2D eigenvalue weighted by Crippen LogP contribution is 2.41. The first-order chi connectivity index (χ1) is 6.84. The molecule has 2 atom stereocenters. The largest absolute Gasteiger partial charge is 0.504 e. The molecule has 1 aromatic rings. The standard InChI is InChI=1S/C10H11NO3.ClH/c12-6-2-1-3-7-10(6)14-9-5-11-4-8(9)13-7;/h1-3,8-9,11-12H,4-5H2;1H/t8-,9-;/m0./s1. The molecule has 2 aliphatic rings. The number of para-hydroxylation sites is 1. The smallest absolute Gasteiger partial charge is 0.203 e. The second kappa shape index (κ2) is 3.79. The number of benzene rings is 1. The van der Waals surface area contributed by atoms with E-state index < -0.39 is 0 Å². The van der Waals surface area contributed by atoms with Crippen LogP contribution in [0.1, 0.15) is 0 Å². The normalized spacial score (nSPS) is 26.7. The van der Waals surface area contributed by atoms with E-state index in [9.17, 15) is 5.11 Å². The molecule has 0 radical (unpaired) electrons. The minimum atomic E-state index is 0. The average Bonchev–Trinajstić information content (AvgIpc) is 2.62.